The van der Waals surface area contributed by atoms with E-state index in [1.807, 2.05) is 0 Å². The van der Waals surface area contributed by atoms with E-state index in [-0.39, 0.29) is 49.0 Å². The fraction of sp³-hybridized carbons (Fsp3) is 0.792. The first-order valence-electron chi connectivity index (χ1n) is 25.1. The molecule has 4 amide bonds. The Kier molecular flexibility index (Phi) is 25.4. The van der Waals surface area contributed by atoms with Crippen LogP contribution in [0.1, 0.15) is 160 Å². The second kappa shape index (κ2) is 30.3. The molecule has 370 valence electrons. The zero-order chi connectivity index (χ0) is 46.9. The molecule has 5 atom stereocenters. The average molecular weight is 935 g/mol. The minimum absolute atomic E-state index is 0.0477. The van der Waals surface area contributed by atoms with Crippen molar-refractivity contribution in [2.45, 2.75) is 191 Å². The molecular formula is C48H83N6O10P. The number of phosphoric acid groups is 1. The van der Waals surface area contributed by atoms with Crippen molar-refractivity contribution in [2.75, 3.05) is 52.4 Å². The number of nitrogens with zero attached hydrogens (tertiary/aromatic N) is 3. The zero-order valence-corrected chi connectivity index (χ0v) is 40.2. The molecule has 17 heteroatoms. The van der Waals surface area contributed by atoms with Crippen molar-refractivity contribution in [1.82, 2.24) is 30.7 Å². The number of phosphoric ester groups is 1. The minimum Gasteiger partial charge on any atom is -0.404 e. The fourth-order valence-electron chi connectivity index (χ4n) is 9.52. The molecule has 3 heterocycles. The Morgan fingerprint density at radius 1 is 0.785 bits per heavy atom. The predicted molar refractivity (Wildman–Crippen MR) is 252 cm³/mol. The number of unbranched alkanes of at least 4 members (excludes halogenated alkanes) is 13. The molecule has 0 spiro atoms. The van der Waals surface area contributed by atoms with Gasteiger partial charge >= 0.3 is 7.82 Å². The van der Waals surface area contributed by atoms with E-state index in [1.165, 1.54) is 102 Å². The van der Waals surface area contributed by atoms with Crippen LogP contribution >= 0.6 is 7.82 Å². The van der Waals surface area contributed by atoms with Crippen molar-refractivity contribution < 1.29 is 48.3 Å². The quantitative estimate of drug-likeness (QED) is 0.0371. The van der Waals surface area contributed by atoms with Gasteiger partial charge in [-0.15, -0.1) is 0 Å². The Bertz CT molecular complexity index is 1590. The second-order valence-corrected chi connectivity index (χ2v) is 19.9. The summed E-state index contributed by atoms with van der Waals surface area (Å²) in [6, 6.07) is 3.12. The highest BCUT2D eigenvalue weighted by Gasteiger charge is 2.44. The van der Waals surface area contributed by atoms with E-state index in [4.69, 9.17) is 5.11 Å². The minimum atomic E-state index is -4.78. The highest BCUT2D eigenvalue weighted by atomic mass is 31.2. The van der Waals surface area contributed by atoms with Crippen LogP contribution < -0.4 is 20.5 Å². The maximum absolute atomic E-state index is 14.2. The molecule has 3 aliphatic rings. The molecule has 0 saturated carbocycles. The van der Waals surface area contributed by atoms with E-state index < -0.39 is 38.0 Å². The van der Waals surface area contributed by atoms with Crippen molar-refractivity contribution in [2.24, 2.45) is 0 Å². The molecule has 0 bridgehead atoms. The maximum atomic E-state index is 14.2. The van der Waals surface area contributed by atoms with E-state index in [0.717, 1.165) is 45.6 Å². The summed E-state index contributed by atoms with van der Waals surface area (Å²) in [5, 5.41) is 27.5. The SMILES string of the molecule is CCCCCCCCCCCCCCCCN1CCN(CCC(=O)N[C@@H](Cc2ccc(OP(=O)(O)O)cc2)C(=O)N[C@H]2CCCCC3CC[C@@H](C(=O)NCCCC(O)CO)N3C2=O)CC1. The molecule has 2 unspecified atom stereocenters. The van der Waals surface area contributed by atoms with Gasteiger partial charge in [0, 0.05) is 58.2 Å². The van der Waals surface area contributed by atoms with Gasteiger partial charge in [-0.25, -0.2) is 4.57 Å². The van der Waals surface area contributed by atoms with Crippen LogP contribution in [-0.4, -0.2) is 141 Å². The van der Waals surface area contributed by atoms with Crippen LogP contribution in [-0.2, 0) is 30.2 Å². The van der Waals surface area contributed by atoms with Gasteiger partial charge in [0.2, 0.25) is 23.6 Å². The fourth-order valence-corrected chi connectivity index (χ4v) is 9.91. The number of carbonyl (C=O) groups excluding carboxylic acids is 4. The standard InChI is InChI=1S/C48H83N6O10P/c1-2-3-4-5-6-7-8-9-10-11-12-13-14-17-30-52-32-34-53(35-33-52)31-28-45(57)50-43(36-38-22-25-41(26-23-38)64-65(61,62)63)46(58)51-42-21-16-15-19-39-24-27-44(54(39)48(42)60)47(59)49-29-18-20-40(56)37-55/h22-23,25-26,39-40,42-44,55-56H,2-21,24,27-37H2,1H3,(H,49,59)(H,50,57)(H,51,58)(H2,61,62,63)/t39?,40?,42-,43-,44-/m0/s1. The van der Waals surface area contributed by atoms with E-state index >= 15 is 0 Å². The Labute approximate surface area is 388 Å². The van der Waals surface area contributed by atoms with Crippen molar-refractivity contribution in [3.05, 3.63) is 29.8 Å². The third-order valence-corrected chi connectivity index (χ3v) is 13.8. The van der Waals surface area contributed by atoms with Crippen LogP contribution in [0, 0.1) is 0 Å². The number of benzene rings is 1. The molecule has 0 aliphatic carbocycles. The van der Waals surface area contributed by atoms with Crippen LogP contribution in [0.25, 0.3) is 0 Å². The number of hydrogen-bond acceptors (Lipinski definition) is 10. The van der Waals surface area contributed by atoms with Crippen LogP contribution in [0.5, 0.6) is 5.75 Å². The lowest BCUT2D eigenvalue weighted by Gasteiger charge is -2.35. The number of aliphatic hydroxyl groups excluding tert-OH is 2. The number of aliphatic hydroxyl groups is 2. The summed E-state index contributed by atoms with van der Waals surface area (Å²) in [4.78, 5) is 80.1. The first-order valence-corrected chi connectivity index (χ1v) is 26.7. The number of piperazine rings is 1. The number of fused-ring (bicyclic) bond motifs is 1. The van der Waals surface area contributed by atoms with Gasteiger partial charge < -0.3 is 45.4 Å². The normalized spacial score (nSPS) is 20.7. The van der Waals surface area contributed by atoms with Gasteiger partial charge in [-0.2, -0.15) is 0 Å². The molecule has 3 aliphatic heterocycles. The largest absolute Gasteiger partial charge is 0.524 e. The van der Waals surface area contributed by atoms with Gasteiger partial charge in [-0.3, -0.25) is 29.0 Å². The van der Waals surface area contributed by atoms with Crippen LogP contribution in [0.2, 0.25) is 0 Å². The summed E-state index contributed by atoms with van der Waals surface area (Å²) < 4.78 is 16.1. The van der Waals surface area contributed by atoms with Gasteiger partial charge in [0.05, 0.1) is 12.7 Å². The first-order chi connectivity index (χ1) is 31.4. The third-order valence-electron chi connectivity index (χ3n) is 13.4. The summed E-state index contributed by atoms with van der Waals surface area (Å²) in [5.41, 5.74) is 0.602. The lowest BCUT2D eigenvalue weighted by Crippen LogP contribution is -2.59. The Morgan fingerprint density at radius 3 is 1.97 bits per heavy atom. The molecule has 0 radical (unpaired) electrons. The molecular weight excluding hydrogens is 852 g/mol. The van der Waals surface area contributed by atoms with Crippen molar-refractivity contribution >= 4 is 31.5 Å². The van der Waals surface area contributed by atoms with Crippen molar-refractivity contribution in [3.63, 3.8) is 0 Å². The zero-order valence-electron chi connectivity index (χ0n) is 39.4. The number of rotatable bonds is 31. The van der Waals surface area contributed by atoms with E-state index in [0.29, 0.717) is 57.2 Å². The molecule has 65 heavy (non-hydrogen) atoms. The number of carbonyl (C=O) groups is 4. The highest BCUT2D eigenvalue weighted by Crippen LogP contribution is 2.37. The predicted octanol–water partition coefficient (Wildman–Crippen LogP) is 5.34. The number of hydrogen-bond donors (Lipinski definition) is 7. The lowest BCUT2D eigenvalue weighted by atomic mass is 9.98. The topological polar surface area (TPSA) is 221 Å². The van der Waals surface area contributed by atoms with Crippen molar-refractivity contribution in [1.29, 1.82) is 0 Å². The summed E-state index contributed by atoms with van der Waals surface area (Å²) in [6.07, 6.45) is 22.9. The van der Waals surface area contributed by atoms with Crippen LogP contribution in [0.15, 0.2) is 24.3 Å². The van der Waals surface area contributed by atoms with E-state index in [9.17, 15) is 38.6 Å². The van der Waals surface area contributed by atoms with Crippen LogP contribution in [0.4, 0.5) is 0 Å². The van der Waals surface area contributed by atoms with E-state index in [1.54, 1.807) is 17.0 Å². The molecule has 3 fully saturated rings. The number of amides is 4. The van der Waals surface area contributed by atoms with Gasteiger partial charge in [0.25, 0.3) is 0 Å². The first kappa shape index (κ1) is 54.5. The highest BCUT2D eigenvalue weighted by molar-refractivity contribution is 7.46. The molecule has 1 aromatic rings. The summed E-state index contributed by atoms with van der Waals surface area (Å²) >= 11 is 0. The van der Waals surface area contributed by atoms with Crippen molar-refractivity contribution in [3.8, 4) is 5.75 Å². The lowest BCUT2D eigenvalue weighted by molar-refractivity contribution is -0.144. The monoisotopic (exact) mass is 935 g/mol. The molecule has 16 nitrogen and oxygen atoms in total. The molecule has 1 aromatic carbocycles. The molecule has 4 rings (SSSR count). The summed E-state index contributed by atoms with van der Waals surface area (Å²) in [6.45, 7) is 7.50. The average Bonchev–Trinajstić information content (AvgIpc) is 3.71. The molecule has 7 N–H and O–H groups in total. The van der Waals surface area contributed by atoms with Gasteiger partial charge in [0.1, 0.15) is 23.9 Å². The maximum Gasteiger partial charge on any atom is 0.524 e. The molecule has 3 saturated heterocycles. The Morgan fingerprint density at radius 2 is 1.37 bits per heavy atom. The van der Waals surface area contributed by atoms with Crippen LogP contribution in [0.3, 0.4) is 0 Å². The second-order valence-electron chi connectivity index (χ2n) is 18.7. The summed E-state index contributed by atoms with van der Waals surface area (Å²) in [7, 11) is -4.78. The Hall–Kier alpha value is -3.11. The smallest absolute Gasteiger partial charge is 0.404 e. The van der Waals surface area contributed by atoms with E-state index in [2.05, 4.69) is 37.2 Å². The van der Waals surface area contributed by atoms with Gasteiger partial charge in [0.15, 0.2) is 0 Å². The Balaban J connectivity index is 1.24. The van der Waals surface area contributed by atoms with Gasteiger partial charge in [-0.1, -0.05) is 115 Å². The molecule has 0 aromatic heterocycles. The number of nitrogens with one attached hydrogen (secondary N) is 3. The third kappa shape index (κ3) is 21.2. The van der Waals surface area contributed by atoms with Gasteiger partial charge in [-0.05, 0) is 69.2 Å². The summed E-state index contributed by atoms with van der Waals surface area (Å²) in [5.74, 6) is -1.50.